The van der Waals surface area contributed by atoms with Gasteiger partial charge in [-0.25, -0.2) is 0 Å². The van der Waals surface area contributed by atoms with Crippen molar-refractivity contribution >= 4 is 5.70 Å². The van der Waals surface area contributed by atoms with E-state index in [2.05, 4.69) is 61.0 Å². The predicted molar refractivity (Wildman–Crippen MR) is 108 cm³/mol. The SMILES string of the molecule is Cc1cc(C#CC2CC2)ccc1C1=CN(CC(C)Oc2ccccc2)NN1. The molecule has 0 radical (unpaired) electrons. The first kappa shape index (κ1) is 17.5. The number of para-hydroxylation sites is 1. The van der Waals surface area contributed by atoms with Gasteiger partial charge in [-0.15, -0.1) is 5.53 Å². The molecule has 0 amide bonds. The van der Waals surface area contributed by atoms with Crippen molar-refractivity contribution in [2.24, 2.45) is 5.92 Å². The molecule has 2 aliphatic rings. The van der Waals surface area contributed by atoms with Gasteiger partial charge in [-0.3, -0.25) is 5.01 Å². The molecule has 1 fully saturated rings. The third-order valence-corrected chi connectivity index (χ3v) is 4.67. The van der Waals surface area contributed by atoms with Gasteiger partial charge in [0.05, 0.1) is 12.2 Å². The highest BCUT2D eigenvalue weighted by Crippen LogP contribution is 2.28. The summed E-state index contributed by atoms with van der Waals surface area (Å²) in [6, 6.07) is 16.3. The Bertz CT molecular complexity index is 891. The summed E-state index contributed by atoms with van der Waals surface area (Å²) < 4.78 is 5.95. The molecule has 4 nitrogen and oxygen atoms in total. The van der Waals surface area contributed by atoms with Crippen LogP contribution in [0.25, 0.3) is 5.70 Å². The van der Waals surface area contributed by atoms with Gasteiger partial charge >= 0.3 is 0 Å². The topological polar surface area (TPSA) is 36.5 Å². The Morgan fingerprint density at radius 2 is 2.00 bits per heavy atom. The fourth-order valence-corrected chi connectivity index (χ4v) is 3.09. The predicted octanol–water partition coefficient (Wildman–Crippen LogP) is 3.85. The van der Waals surface area contributed by atoms with E-state index in [0.717, 1.165) is 23.6 Å². The molecule has 1 aliphatic carbocycles. The van der Waals surface area contributed by atoms with Crippen molar-refractivity contribution in [1.29, 1.82) is 0 Å². The quantitative estimate of drug-likeness (QED) is 0.795. The summed E-state index contributed by atoms with van der Waals surface area (Å²) >= 11 is 0. The first-order chi connectivity index (χ1) is 13.2. The maximum absolute atomic E-state index is 5.95. The van der Waals surface area contributed by atoms with Crippen molar-refractivity contribution in [1.82, 2.24) is 16.0 Å². The van der Waals surface area contributed by atoms with Crippen LogP contribution in [0.3, 0.4) is 0 Å². The number of aryl methyl sites for hydroxylation is 1. The minimum atomic E-state index is 0.0541. The minimum absolute atomic E-state index is 0.0541. The van der Waals surface area contributed by atoms with Gasteiger partial charge in [-0.2, -0.15) is 0 Å². The van der Waals surface area contributed by atoms with Crippen LogP contribution >= 0.6 is 0 Å². The molecule has 2 N–H and O–H groups in total. The Labute approximate surface area is 161 Å². The van der Waals surface area contributed by atoms with Crippen LogP contribution in [-0.4, -0.2) is 17.7 Å². The van der Waals surface area contributed by atoms with E-state index >= 15 is 0 Å². The lowest BCUT2D eigenvalue weighted by Gasteiger charge is -2.21. The second kappa shape index (κ2) is 7.77. The van der Waals surface area contributed by atoms with Crippen LogP contribution in [0.2, 0.25) is 0 Å². The standard InChI is InChI=1S/C23H25N3O/c1-17-14-20(11-10-19-8-9-19)12-13-22(17)23-16-26(25-24-23)15-18(2)27-21-6-4-3-5-7-21/h3-7,12-14,16,18-19,24-25H,8-9,15H2,1-2H3. The highest BCUT2D eigenvalue weighted by atomic mass is 16.5. The van der Waals surface area contributed by atoms with Gasteiger partial charge in [-0.05, 0) is 56.5 Å². The second-order valence-corrected chi connectivity index (χ2v) is 7.25. The summed E-state index contributed by atoms with van der Waals surface area (Å²) in [4.78, 5) is 0. The van der Waals surface area contributed by atoms with Crippen molar-refractivity contribution in [3.63, 3.8) is 0 Å². The number of nitrogens with zero attached hydrogens (tertiary/aromatic N) is 1. The summed E-state index contributed by atoms with van der Waals surface area (Å²) in [6.07, 6.45) is 4.66. The zero-order chi connectivity index (χ0) is 18.6. The van der Waals surface area contributed by atoms with Gasteiger partial charge in [0.15, 0.2) is 0 Å². The number of rotatable bonds is 5. The Kier molecular flexibility index (Phi) is 5.04. The molecule has 1 saturated carbocycles. The largest absolute Gasteiger partial charge is 0.489 e. The molecule has 0 aromatic heterocycles. The minimum Gasteiger partial charge on any atom is -0.489 e. The van der Waals surface area contributed by atoms with E-state index in [0.29, 0.717) is 5.92 Å². The van der Waals surface area contributed by atoms with Gasteiger partial charge in [-0.1, -0.05) is 36.1 Å². The molecular weight excluding hydrogens is 334 g/mol. The van der Waals surface area contributed by atoms with E-state index in [9.17, 15) is 0 Å². The Morgan fingerprint density at radius 3 is 2.74 bits per heavy atom. The Morgan fingerprint density at radius 1 is 1.19 bits per heavy atom. The fraction of sp³-hybridized carbons (Fsp3) is 0.304. The number of benzene rings is 2. The Hall–Kier alpha value is -2.90. The maximum Gasteiger partial charge on any atom is 0.119 e. The molecule has 0 saturated heterocycles. The smallest absolute Gasteiger partial charge is 0.119 e. The summed E-state index contributed by atoms with van der Waals surface area (Å²) in [5, 5.41) is 2.02. The lowest BCUT2D eigenvalue weighted by atomic mass is 10.0. The molecule has 4 rings (SSSR count). The van der Waals surface area contributed by atoms with Crippen molar-refractivity contribution in [2.75, 3.05) is 6.54 Å². The molecule has 138 valence electrons. The normalized spacial score (nSPS) is 16.8. The second-order valence-electron chi connectivity index (χ2n) is 7.25. The van der Waals surface area contributed by atoms with E-state index in [1.807, 2.05) is 35.3 Å². The zero-order valence-corrected chi connectivity index (χ0v) is 15.8. The number of hydrazine groups is 2. The third-order valence-electron chi connectivity index (χ3n) is 4.67. The molecule has 1 heterocycles. The molecule has 1 aliphatic heterocycles. The first-order valence-electron chi connectivity index (χ1n) is 9.52. The van der Waals surface area contributed by atoms with Crippen LogP contribution in [0.5, 0.6) is 5.75 Å². The van der Waals surface area contributed by atoms with Crippen molar-refractivity contribution < 1.29 is 4.74 Å². The molecule has 27 heavy (non-hydrogen) atoms. The maximum atomic E-state index is 5.95. The van der Waals surface area contributed by atoms with E-state index in [1.165, 1.54) is 24.0 Å². The van der Waals surface area contributed by atoms with Crippen molar-refractivity contribution in [3.8, 4) is 17.6 Å². The molecule has 4 heteroatoms. The van der Waals surface area contributed by atoms with Gasteiger partial charge in [0.2, 0.25) is 0 Å². The third kappa shape index (κ3) is 4.64. The molecule has 1 unspecified atom stereocenters. The number of hydrogen-bond acceptors (Lipinski definition) is 4. The lowest BCUT2D eigenvalue weighted by Crippen LogP contribution is -2.41. The summed E-state index contributed by atoms with van der Waals surface area (Å²) in [5.41, 5.74) is 11.0. The molecule has 2 aromatic rings. The van der Waals surface area contributed by atoms with Crippen LogP contribution in [-0.2, 0) is 0 Å². The highest BCUT2D eigenvalue weighted by molar-refractivity contribution is 5.68. The average molecular weight is 359 g/mol. The number of ether oxygens (including phenoxy) is 1. The number of hydrogen-bond donors (Lipinski definition) is 2. The molecule has 1 atom stereocenters. The number of nitrogens with one attached hydrogen (secondary N) is 2. The van der Waals surface area contributed by atoms with E-state index in [-0.39, 0.29) is 6.10 Å². The summed E-state index contributed by atoms with van der Waals surface area (Å²) in [7, 11) is 0. The van der Waals surface area contributed by atoms with E-state index in [1.54, 1.807) is 0 Å². The monoisotopic (exact) mass is 359 g/mol. The van der Waals surface area contributed by atoms with Crippen LogP contribution in [0.1, 0.15) is 36.5 Å². The van der Waals surface area contributed by atoms with Crippen LogP contribution < -0.4 is 15.7 Å². The van der Waals surface area contributed by atoms with E-state index in [4.69, 9.17) is 4.74 Å². The average Bonchev–Trinajstić information content (AvgIpc) is 3.39. The van der Waals surface area contributed by atoms with Crippen LogP contribution in [0.15, 0.2) is 54.7 Å². The fourth-order valence-electron chi connectivity index (χ4n) is 3.09. The van der Waals surface area contributed by atoms with Gasteiger partial charge in [0.25, 0.3) is 0 Å². The zero-order valence-electron chi connectivity index (χ0n) is 15.8. The van der Waals surface area contributed by atoms with Crippen LogP contribution in [0, 0.1) is 24.7 Å². The van der Waals surface area contributed by atoms with Crippen molar-refractivity contribution in [2.45, 2.75) is 32.8 Å². The lowest BCUT2D eigenvalue weighted by molar-refractivity contribution is 0.146. The molecule has 0 bridgehead atoms. The molecular formula is C23H25N3O. The Balaban J connectivity index is 1.39. The highest BCUT2D eigenvalue weighted by Gasteiger charge is 2.18. The molecule has 2 aromatic carbocycles. The van der Waals surface area contributed by atoms with Gasteiger partial charge in [0.1, 0.15) is 11.9 Å². The van der Waals surface area contributed by atoms with Crippen molar-refractivity contribution in [3.05, 3.63) is 71.4 Å². The van der Waals surface area contributed by atoms with Gasteiger partial charge < -0.3 is 10.2 Å². The van der Waals surface area contributed by atoms with E-state index < -0.39 is 0 Å². The summed E-state index contributed by atoms with van der Waals surface area (Å²) in [6.45, 7) is 4.93. The first-order valence-corrected chi connectivity index (χ1v) is 9.52. The molecule has 0 spiro atoms. The summed E-state index contributed by atoms with van der Waals surface area (Å²) in [5.74, 6) is 8.13. The van der Waals surface area contributed by atoms with Crippen LogP contribution in [0.4, 0.5) is 0 Å². The van der Waals surface area contributed by atoms with Gasteiger partial charge in [0, 0.05) is 23.2 Å².